The van der Waals surface area contributed by atoms with Gasteiger partial charge in [0.2, 0.25) is 0 Å². The molecule has 2 heteroatoms. The van der Waals surface area contributed by atoms with Crippen LogP contribution in [0.5, 0.6) is 0 Å². The van der Waals surface area contributed by atoms with Gasteiger partial charge in [-0.15, -0.1) is 0 Å². The standard InChI is InChI=1S/C19H28O2/c1-4-19(3,17-13-9-6-10-14-17)18(20)21-15(2)16-11-7-5-8-12-16/h5,7-8,11-12,15,17H,4,6,9-10,13-14H2,1-3H3. The zero-order valence-electron chi connectivity index (χ0n) is 13.6. The molecule has 1 saturated carbocycles. The topological polar surface area (TPSA) is 26.3 Å². The SMILES string of the molecule is CCC(C)(C(=O)OC(C)c1ccccc1)C1CCCCC1. The maximum Gasteiger partial charge on any atom is 0.312 e. The lowest BCUT2D eigenvalue weighted by Crippen LogP contribution is -2.38. The number of carbonyl (C=O) groups excluding carboxylic acids is 1. The Bertz CT molecular complexity index is 448. The van der Waals surface area contributed by atoms with E-state index in [0.29, 0.717) is 5.92 Å². The molecule has 0 bridgehead atoms. The molecule has 0 aliphatic heterocycles. The predicted molar refractivity (Wildman–Crippen MR) is 85.9 cm³/mol. The summed E-state index contributed by atoms with van der Waals surface area (Å²) in [7, 11) is 0. The summed E-state index contributed by atoms with van der Waals surface area (Å²) in [6.45, 7) is 6.18. The van der Waals surface area contributed by atoms with Gasteiger partial charge in [0.1, 0.15) is 6.10 Å². The van der Waals surface area contributed by atoms with Crippen LogP contribution in [0.25, 0.3) is 0 Å². The summed E-state index contributed by atoms with van der Waals surface area (Å²) in [5.74, 6) is 0.458. The van der Waals surface area contributed by atoms with Crippen LogP contribution in [0, 0.1) is 11.3 Å². The van der Waals surface area contributed by atoms with Gasteiger partial charge >= 0.3 is 5.97 Å². The molecule has 1 fully saturated rings. The molecule has 1 aromatic rings. The Morgan fingerprint density at radius 1 is 1.24 bits per heavy atom. The zero-order valence-corrected chi connectivity index (χ0v) is 13.6. The number of ether oxygens (including phenoxy) is 1. The highest BCUT2D eigenvalue weighted by molar-refractivity contribution is 5.77. The molecule has 2 nitrogen and oxygen atoms in total. The van der Waals surface area contributed by atoms with Crippen LogP contribution in [0.4, 0.5) is 0 Å². The van der Waals surface area contributed by atoms with Crippen LogP contribution in [0.3, 0.4) is 0 Å². The monoisotopic (exact) mass is 288 g/mol. The van der Waals surface area contributed by atoms with Crippen molar-refractivity contribution in [3.8, 4) is 0 Å². The van der Waals surface area contributed by atoms with E-state index in [1.54, 1.807) is 0 Å². The highest BCUT2D eigenvalue weighted by atomic mass is 16.5. The Morgan fingerprint density at radius 2 is 1.86 bits per heavy atom. The number of benzene rings is 1. The fourth-order valence-corrected chi connectivity index (χ4v) is 3.43. The Balaban J connectivity index is 2.05. The highest BCUT2D eigenvalue weighted by Crippen LogP contribution is 2.42. The van der Waals surface area contributed by atoms with Gasteiger partial charge in [0, 0.05) is 0 Å². The van der Waals surface area contributed by atoms with Gasteiger partial charge in [-0.3, -0.25) is 4.79 Å². The lowest BCUT2D eigenvalue weighted by Gasteiger charge is -2.37. The summed E-state index contributed by atoms with van der Waals surface area (Å²) in [5.41, 5.74) is 0.733. The maximum absolute atomic E-state index is 12.8. The lowest BCUT2D eigenvalue weighted by molar-refractivity contribution is -0.165. The molecule has 0 aromatic heterocycles. The minimum absolute atomic E-state index is 0.0201. The van der Waals surface area contributed by atoms with E-state index in [4.69, 9.17) is 4.74 Å². The van der Waals surface area contributed by atoms with E-state index in [1.807, 2.05) is 37.3 Å². The molecule has 21 heavy (non-hydrogen) atoms. The van der Waals surface area contributed by atoms with E-state index in [0.717, 1.165) is 12.0 Å². The minimum atomic E-state index is -0.330. The quantitative estimate of drug-likeness (QED) is 0.688. The van der Waals surface area contributed by atoms with Crippen LogP contribution >= 0.6 is 0 Å². The Labute approximate surface area is 128 Å². The van der Waals surface area contributed by atoms with E-state index in [2.05, 4.69) is 13.8 Å². The molecule has 2 unspecified atom stereocenters. The average molecular weight is 288 g/mol. The van der Waals surface area contributed by atoms with Crippen LogP contribution in [0.2, 0.25) is 0 Å². The largest absolute Gasteiger partial charge is 0.457 e. The fourth-order valence-electron chi connectivity index (χ4n) is 3.43. The average Bonchev–Trinajstić information content (AvgIpc) is 2.55. The van der Waals surface area contributed by atoms with Gasteiger partial charge in [-0.05, 0) is 44.6 Å². The van der Waals surface area contributed by atoms with Crippen LogP contribution < -0.4 is 0 Å². The Kier molecular flexibility index (Phi) is 5.44. The van der Waals surface area contributed by atoms with E-state index >= 15 is 0 Å². The first-order valence-corrected chi connectivity index (χ1v) is 8.34. The summed E-state index contributed by atoms with van der Waals surface area (Å²) in [6, 6.07) is 9.99. The second-order valence-electron chi connectivity index (χ2n) is 6.56. The summed E-state index contributed by atoms with van der Waals surface area (Å²) in [6.07, 6.45) is 6.83. The summed E-state index contributed by atoms with van der Waals surface area (Å²) in [4.78, 5) is 12.8. The summed E-state index contributed by atoms with van der Waals surface area (Å²) in [5, 5.41) is 0. The first kappa shape index (κ1) is 16.1. The van der Waals surface area contributed by atoms with Crippen molar-refractivity contribution in [2.24, 2.45) is 11.3 Å². The van der Waals surface area contributed by atoms with Gasteiger partial charge in [-0.2, -0.15) is 0 Å². The van der Waals surface area contributed by atoms with Gasteiger partial charge in [0.25, 0.3) is 0 Å². The number of hydrogen-bond donors (Lipinski definition) is 0. The maximum atomic E-state index is 12.8. The van der Waals surface area contributed by atoms with E-state index in [9.17, 15) is 4.79 Å². The molecule has 1 aliphatic rings. The number of esters is 1. The smallest absolute Gasteiger partial charge is 0.312 e. The molecule has 0 radical (unpaired) electrons. The van der Waals surface area contributed by atoms with Crippen LogP contribution in [-0.4, -0.2) is 5.97 Å². The van der Waals surface area contributed by atoms with E-state index in [-0.39, 0.29) is 17.5 Å². The first-order chi connectivity index (χ1) is 10.1. The second kappa shape index (κ2) is 7.11. The molecule has 116 valence electrons. The van der Waals surface area contributed by atoms with Crippen molar-refractivity contribution in [1.82, 2.24) is 0 Å². The van der Waals surface area contributed by atoms with Crippen molar-refractivity contribution >= 4 is 5.97 Å². The normalized spacial score (nSPS) is 20.5. The van der Waals surface area contributed by atoms with E-state index < -0.39 is 0 Å². The lowest BCUT2D eigenvalue weighted by atomic mass is 9.68. The zero-order chi connectivity index (χ0) is 15.3. The number of hydrogen-bond acceptors (Lipinski definition) is 2. The van der Waals surface area contributed by atoms with E-state index in [1.165, 1.54) is 32.1 Å². The molecule has 0 heterocycles. The van der Waals surface area contributed by atoms with Crippen molar-refractivity contribution < 1.29 is 9.53 Å². The fraction of sp³-hybridized carbons (Fsp3) is 0.632. The van der Waals surface area contributed by atoms with Crippen molar-refractivity contribution in [2.45, 2.75) is 65.4 Å². The molecule has 0 saturated heterocycles. The van der Waals surface area contributed by atoms with Crippen molar-refractivity contribution in [2.75, 3.05) is 0 Å². The van der Waals surface area contributed by atoms with Gasteiger partial charge in [0.05, 0.1) is 5.41 Å². The number of carbonyl (C=O) groups is 1. The van der Waals surface area contributed by atoms with Gasteiger partial charge < -0.3 is 4.74 Å². The van der Waals surface area contributed by atoms with Crippen LogP contribution in [0.15, 0.2) is 30.3 Å². The number of rotatable bonds is 5. The molecular formula is C19H28O2. The Hall–Kier alpha value is -1.31. The second-order valence-corrected chi connectivity index (χ2v) is 6.56. The minimum Gasteiger partial charge on any atom is -0.457 e. The molecule has 2 rings (SSSR count). The third-order valence-electron chi connectivity index (χ3n) is 5.26. The van der Waals surface area contributed by atoms with Crippen molar-refractivity contribution in [3.63, 3.8) is 0 Å². The molecule has 1 aliphatic carbocycles. The highest BCUT2D eigenvalue weighted by Gasteiger charge is 2.41. The van der Waals surface area contributed by atoms with Gasteiger partial charge in [0.15, 0.2) is 0 Å². The van der Waals surface area contributed by atoms with Crippen LogP contribution in [0.1, 0.15) is 71.0 Å². The third kappa shape index (κ3) is 3.66. The molecule has 0 spiro atoms. The molecular weight excluding hydrogens is 260 g/mol. The summed E-state index contributed by atoms with van der Waals surface area (Å²) >= 11 is 0. The summed E-state index contributed by atoms with van der Waals surface area (Å²) < 4.78 is 5.81. The third-order valence-corrected chi connectivity index (χ3v) is 5.26. The molecule has 1 aromatic carbocycles. The van der Waals surface area contributed by atoms with Crippen molar-refractivity contribution in [3.05, 3.63) is 35.9 Å². The Morgan fingerprint density at radius 3 is 2.43 bits per heavy atom. The van der Waals surface area contributed by atoms with Crippen LogP contribution in [-0.2, 0) is 9.53 Å². The molecule has 0 N–H and O–H groups in total. The van der Waals surface area contributed by atoms with Crippen molar-refractivity contribution in [1.29, 1.82) is 0 Å². The van der Waals surface area contributed by atoms with Gasteiger partial charge in [-0.1, -0.05) is 56.5 Å². The van der Waals surface area contributed by atoms with Gasteiger partial charge in [-0.25, -0.2) is 0 Å². The first-order valence-electron chi connectivity index (χ1n) is 8.34. The predicted octanol–water partition coefficient (Wildman–Crippen LogP) is 5.29. The molecule has 2 atom stereocenters. The molecule has 0 amide bonds.